The first kappa shape index (κ1) is 15.5. The molecule has 4 nitrogen and oxygen atoms in total. The lowest BCUT2D eigenvalue weighted by molar-refractivity contribution is 0.445. The summed E-state index contributed by atoms with van der Waals surface area (Å²) in [5.41, 5.74) is 7.30. The van der Waals surface area contributed by atoms with Gasteiger partial charge < -0.3 is 5.73 Å². The standard InChI is InChI=1S/C14H20N2O2S/c1-4-9-16(10-5-2)19(17,18)13-8-7-12(6-3)14(15)11-13/h1,7-8,11H,5-6,9-10,15H2,2-3H3. The summed E-state index contributed by atoms with van der Waals surface area (Å²) in [6.45, 7) is 4.36. The summed E-state index contributed by atoms with van der Waals surface area (Å²) in [6, 6.07) is 4.85. The average molecular weight is 280 g/mol. The van der Waals surface area contributed by atoms with Crippen LogP contribution in [0.2, 0.25) is 0 Å². The highest BCUT2D eigenvalue weighted by Crippen LogP contribution is 2.21. The third-order valence-corrected chi connectivity index (χ3v) is 4.72. The number of sulfonamides is 1. The number of nitrogen functional groups attached to an aromatic ring is 1. The number of rotatable bonds is 6. The maximum Gasteiger partial charge on any atom is 0.244 e. The molecule has 19 heavy (non-hydrogen) atoms. The molecule has 0 amide bonds. The Morgan fingerprint density at radius 1 is 1.37 bits per heavy atom. The number of hydrogen-bond acceptors (Lipinski definition) is 3. The van der Waals surface area contributed by atoms with Crippen LogP contribution in [0.15, 0.2) is 23.1 Å². The molecule has 1 aromatic carbocycles. The van der Waals surface area contributed by atoms with Gasteiger partial charge in [-0.05, 0) is 30.5 Å². The van der Waals surface area contributed by atoms with Crippen molar-refractivity contribution in [3.8, 4) is 12.3 Å². The predicted octanol–water partition coefficient (Wildman–Crippen LogP) is 1.87. The van der Waals surface area contributed by atoms with Gasteiger partial charge in [-0.1, -0.05) is 25.8 Å². The van der Waals surface area contributed by atoms with Crippen molar-refractivity contribution in [3.63, 3.8) is 0 Å². The fourth-order valence-corrected chi connectivity index (χ4v) is 3.32. The predicted molar refractivity (Wildman–Crippen MR) is 78.1 cm³/mol. The summed E-state index contributed by atoms with van der Waals surface area (Å²) in [5.74, 6) is 2.38. The highest BCUT2D eigenvalue weighted by atomic mass is 32.2. The molecule has 0 radical (unpaired) electrons. The first-order valence-corrected chi connectivity index (χ1v) is 7.73. The summed E-state index contributed by atoms with van der Waals surface area (Å²) in [5, 5.41) is 0. The highest BCUT2D eigenvalue weighted by molar-refractivity contribution is 7.89. The van der Waals surface area contributed by atoms with Crippen LogP contribution in [0.3, 0.4) is 0 Å². The smallest absolute Gasteiger partial charge is 0.244 e. The van der Waals surface area contributed by atoms with Gasteiger partial charge in [-0.25, -0.2) is 8.42 Å². The van der Waals surface area contributed by atoms with Crippen molar-refractivity contribution in [2.24, 2.45) is 0 Å². The van der Waals surface area contributed by atoms with Crippen LogP contribution in [0.25, 0.3) is 0 Å². The molecule has 0 aliphatic rings. The minimum atomic E-state index is -3.56. The third kappa shape index (κ3) is 3.49. The Kier molecular flexibility index (Phi) is 5.40. The molecule has 0 aromatic heterocycles. The van der Waals surface area contributed by atoms with Crippen LogP contribution in [0, 0.1) is 12.3 Å². The second kappa shape index (κ2) is 6.60. The van der Waals surface area contributed by atoms with Crippen LogP contribution < -0.4 is 5.73 Å². The van der Waals surface area contributed by atoms with Gasteiger partial charge in [-0.2, -0.15) is 4.31 Å². The van der Waals surface area contributed by atoms with E-state index in [0.29, 0.717) is 18.7 Å². The van der Waals surface area contributed by atoms with E-state index in [1.165, 1.54) is 10.4 Å². The van der Waals surface area contributed by atoms with E-state index in [4.69, 9.17) is 12.2 Å². The van der Waals surface area contributed by atoms with Crippen LogP contribution >= 0.6 is 0 Å². The highest BCUT2D eigenvalue weighted by Gasteiger charge is 2.23. The zero-order valence-corrected chi connectivity index (χ0v) is 12.2. The molecule has 104 valence electrons. The Bertz CT molecular complexity index is 574. The van der Waals surface area contributed by atoms with E-state index in [0.717, 1.165) is 12.0 Å². The van der Waals surface area contributed by atoms with Gasteiger partial charge >= 0.3 is 0 Å². The number of anilines is 1. The van der Waals surface area contributed by atoms with Gasteiger partial charge in [0.15, 0.2) is 0 Å². The van der Waals surface area contributed by atoms with Gasteiger partial charge in [0.25, 0.3) is 0 Å². The number of benzene rings is 1. The first-order chi connectivity index (χ1) is 8.97. The molecule has 0 aliphatic heterocycles. The van der Waals surface area contributed by atoms with E-state index in [-0.39, 0.29) is 11.4 Å². The molecule has 0 saturated carbocycles. The molecular formula is C14H20N2O2S. The van der Waals surface area contributed by atoms with Crippen LogP contribution in [0.5, 0.6) is 0 Å². The molecule has 0 fully saturated rings. The fraction of sp³-hybridized carbons (Fsp3) is 0.429. The quantitative estimate of drug-likeness (QED) is 0.639. The number of aryl methyl sites for hydroxylation is 1. The Balaban J connectivity index is 3.18. The number of nitrogens with two attached hydrogens (primary N) is 1. The van der Waals surface area contributed by atoms with Crippen molar-refractivity contribution in [1.82, 2.24) is 4.31 Å². The molecule has 1 aromatic rings. The van der Waals surface area contributed by atoms with Gasteiger partial charge in [0.05, 0.1) is 11.4 Å². The van der Waals surface area contributed by atoms with Crippen molar-refractivity contribution in [2.45, 2.75) is 31.6 Å². The number of nitrogens with zero attached hydrogens (tertiary/aromatic N) is 1. The largest absolute Gasteiger partial charge is 0.398 e. The van der Waals surface area contributed by atoms with Crippen LogP contribution in [0.4, 0.5) is 5.69 Å². The summed E-state index contributed by atoms with van der Waals surface area (Å²) in [4.78, 5) is 0.200. The summed E-state index contributed by atoms with van der Waals surface area (Å²) in [7, 11) is -3.56. The van der Waals surface area contributed by atoms with Crippen molar-refractivity contribution < 1.29 is 8.42 Å². The number of hydrogen-bond donors (Lipinski definition) is 1. The minimum absolute atomic E-state index is 0.0750. The van der Waals surface area contributed by atoms with Crippen molar-refractivity contribution in [1.29, 1.82) is 0 Å². The van der Waals surface area contributed by atoms with Crippen LogP contribution in [0.1, 0.15) is 25.8 Å². The van der Waals surface area contributed by atoms with E-state index in [9.17, 15) is 8.42 Å². The van der Waals surface area contributed by atoms with Crippen molar-refractivity contribution >= 4 is 15.7 Å². The van der Waals surface area contributed by atoms with E-state index in [1.54, 1.807) is 12.1 Å². The maximum absolute atomic E-state index is 12.4. The molecule has 1 rings (SSSR count). The van der Waals surface area contributed by atoms with Gasteiger partial charge in [-0.15, -0.1) is 6.42 Å². The van der Waals surface area contributed by atoms with E-state index in [1.807, 2.05) is 13.8 Å². The van der Waals surface area contributed by atoms with E-state index < -0.39 is 10.0 Å². The Morgan fingerprint density at radius 3 is 2.53 bits per heavy atom. The number of terminal acetylenes is 1. The topological polar surface area (TPSA) is 63.4 Å². The van der Waals surface area contributed by atoms with Crippen molar-refractivity contribution in [2.75, 3.05) is 18.8 Å². The zero-order valence-electron chi connectivity index (χ0n) is 11.4. The van der Waals surface area contributed by atoms with Crippen LogP contribution in [-0.4, -0.2) is 25.8 Å². The molecular weight excluding hydrogens is 260 g/mol. The third-order valence-electron chi connectivity index (χ3n) is 2.88. The molecule has 2 N–H and O–H groups in total. The molecule has 0 unspecified atom stereocenters. The van der Waals surface area contributed by atoms with E-state index in [2.05, 4.69) is 5.92 Å². The SMILES string of the molecule is C#CCN(CCC)S(=O)(=O)c1ccc(CC)c(N)c1. The molecule has 0 saturated heterocycles. The molecule has 0 aliphatic carbocycles. The zero-order chi connectivity index (χ0) is 14.5. The lowest BCUT2D eigenvalue weighted by atomic mass is 10.1. The molecule has 5 heteroatoms. The Hall–Kier alpha value is -1.51. The average Bonchev–Trinajstić information content (AvgIpc) is 2.38. The monoisotopic (exact) mass is 280 g/mol. The maximum atomic E-state index is 12.4. The lowest BCUT2D eigenvalue weighted by Crippen LogP contribution is -2.32. The first-order valence-electron chi connectivity index (χ1n) is 6.29. The molecule has 0 bridgehead atoms. The molecule has 0 spiro atoms. The van der Waals surface area contributed by atoms with Gasteiger partial charge in [-0.3, -0.25) is 0 Å². The van der Waals surface area contributed by atoms with E-state index >= 15 is 0 Å². The fourth-order valence-electron chi connectivity index (χ4n) is 1.84. The Labute approximate surface area is 115 Å². The normalized spacial score (nSPS) is 11.5. The summed E-state index contributed by atoms with van der Waals surface area (Å²) in [6.07, 6.45) is 6.71. The second-order valence-corrected chi connectivity index (χ2v) is 6.19. The van der Waals surface area contributed by atoms with Gasteiger partial charge in [0, 0.05) is 12.2 Å². The second-order valence-electron chi connectivity index (χ2n) is 4.26. The summed E-state index contributed by atoms with van der Waals surface area (Å²) >= 11 is 0. The van der Waals surface area contributed by atoms with Gasteiger partial charge in [0.1, 0.15) is 0 Å². The van der Waals surface area contributed by atoms with Crippen molar-refractivity contribution in [3.05, 3.63) is 23.8 Å². The summed E-state index contributed by atoms with van der Waals surface area (Å²) < 4.78 is 26.2. The lowest BCUT2D eigenvalue weighted by Gasteiger charge is -2.19. The molecule has 0 heterocycles. The van der Waals surface area contributed by atoms with Crippen LogP contribution in [-0.2, 0) is 16.4 Å². The molecule has 0 atom stereocenters. The van der Waals surface area contributed by atoms with Gasteiger partial charge in [0.2, 0.25) is 10.0 Å². The Morgan fingerprint density at radius 2 is 2.05 bits per heavy atom. The minimum Gasteiger partial charge on any atom is -0.398 e.